The molecule has 6 nitrogen and oxygen atoms in total. The molecule has 0 radical (unpaired) electrons. The number of likely N-dealkylation sites (N-methyl/N-ethyl adjacent to an activating group) is 1. The van der Waals surface area contributed by atoms with E-state index < -0.39 is 5.97 Å². The number of hydrogen-bond donors (Lipinski definition) is 2. The number of urea groups is 1. The van der Waals surface area contributed by atoms with Gasteiger partial charge >= 0.3 is 12.0 Å². The summed E-state index contributed by atoms with van der Waals surface area (Å²) in [4.78, 5) is 24.7. The van der Waals surface area contributed by atoms with Gasteiger partial charge < -0.3 is 20.1 Å². The first-order valence-electron chi connectivity index (χ1n) is 6.86. The highest BCUT2D eigenvalue weighted by molar-refractivity contribution is 5.75. The van der Waals surface area contributed by atoms with Crippen LogP contribution in [0, 0.1) is 5.92 Å². The minimum absolute atomic E-state index is 0.0197. The summed E-state index contributed by atoms with van der Waals surface area (Å²) in [5, 5.41) is 11.9. The van der Waals surface area contributed by atoms with Crippen molar-refractivity contribution in [1.82, 2.24) is 10.2 Å². The number of carboxylic acid groups (broad SMARTS) is 1. The predicted octanol–water partition coefficient (Wildman–Crippen LogP) is 1.06. The van der Waals surface area contributed by atoms with Crippen LogP contribution in [0.4, 0.5) is 4.79 Å². The SMILES string of the molecule is CC1OCCC1N(C)C(=O)NC1CCC(C(=O)O)C1. The molecular weight excluding hydrogens is 248 g/mol. The van der Waals surface area contributed by atoms with Crippen molar-refractivity contribution in [3.8, 4) is 0 Å². The lowest BCUT2D eigenvalue weighted by Crippen LogP contribution is -2.48. The Bertz CT molecular complexity index is 361. The van der Waals surface area contributed by atoms with E-state index in [0.29, 0.717) is 19.4 Å². The molecule has 0 aromatic carbocycles. The number of carbonyl (C=O) groups is 2. The fourth-order valence-corrected chi connectivity index (χ4v) is 2.99. The van der Waals surface area contributed by atoms with Gasteiger partial charge in [0.25, 0.3) is 0 Å². The number of nitrogens with zero attached hydrogens (tertiary/aromatic N) is 1. The molecule has 6 heteroatoms. The Morgan fingerprint density at radius 2 is 2.05 bits per heavy atom. The van der Waals surface area contributed by atoms with Crippen LogP contribution in [0.2, 0.25) is 0 Å². The van der Waals surface area contributed by atoms with Crippen LogP contribution in [-0.4, -0.2) is 53.8 Å². The smallest absolute Gasteiger partial charge is 0.317 e. The molecule has 108 valence electrons. The summed E-state index contributed by atoms with van der Waals surface area (Å²) in [5.74, 6) is -1.08. The number of carboxylic acids is 1. The van der Waals surface area contributed by atoms with Crippen molar-refractivity contribution in [2.75, 3.05) is 13.7 Å². The Morgan fingerprint density at radius 3 is 2.58 bits per heavy atom. The Hall–Kier alpha value is -1.30. The minimum atomic E-state index is -0.761. The molecule has 0 bridgehead atoms. The van der Waals surface area contributed by atoms with E-state index in [1.165, 1.54) is 0 Å². The monoisotopic (exact) mass is 270 g/mol. The van der Waals surface area contributed by atoms with E-state index in [4.69, 9.17) is 9.84 Å². The molecule has 2 aliphatic rings. The van der Waals surface area contributed by atoms with Gasteiger partial charge in [-0.3, -0.25) is 4.79 Å². The summed E-state index contributed by atoms with van der Waals surface area (Å²) >= 11 is 0. The van der Waals surface area contributed by atoms with Crippen LogP contribution in [-0.2, 0) is 9.53 Å². The molecule has 0 aromatic rings. The largest absolute Gasteiger partial charge is 0.481 e. The van der Waals surface area contributed by atoms with Gasteiger partial charge in [0, 0.05) is 19.7 Å². The third-order valence-corrected chi connectivity index (χ3v) is 4.26. The number of nitrogens with one attached hydrogen (secondary N) is 1. The Balaban J connectivity index is 1.82. The zero-order valence-electron chi connectivity index (χ0n) is 11.5. The van der Waals surface area contributed by atoms with Gasteiger partial charge in [-0.05, 0) is 32.6 Å². The summed E-state index contributed by atoms with van der Waals surface area (Å²) in [6, 6.07) is -0.0382. The van der Waals surface area contributed by atoms with Crippen LogP contribution < -0.4 is 5.32 Å². The topological polar surface area (TPSA) is 78.9 Å². The molecule has 1 aliphatic heterocycles. The molecule has 1 aliphatic carbocycles. The van der Waals surface area contributed by atoms with E-state index in [0.717, 1.165) is 12.8 Å². The summed E-state index contributed by atoms with van der Waals surface area (Å²) in [6.45, 7) is 2.66. The molecule has 2 N–H and O–H groups in total. The number of aliphatic carboxylic acids is 1. The van der Waals surface area contributed by atoms with Crippen molar-refractivity contribution >= 4 is 12.0 Å². The summed E-state index contributed by atoms with van der Waals surface area (Å²) < 4.78 is 5.46. The standard InChI is InChI=1S/C13H22N2O4/c1-8-11(5-6-19-8)15(2)13(18)14-10-4-3-9(7-10)12(16)17/h8-11H,3-7H2,1-2H3,(H,14,18)(H,16,17). The first kappa shape index (κ1) is 14.1. The highest BCUT2D eigenvalue weighted by Gasteiger charge is 2.34. The van der Waals surface area contributed by atoms with Gasteiger partial charge in [0.1, 0.15) is 0 Å². The molecule has 2 amide bonds. The maximum atomic E-state index is 12.1. The van der Waals surface area contributed by atoms with Gasteiger partial charge in [-0.1, -0.05) is 0 Å². The van der Waals surface area contributed by atoms with Crippen LogP contribution in [0.5, 0.6) is 0 Å². The molecule has 19 heavy (non-hydrogen) atoms. The lowest BCUT2D eigenvalue weighted by molar-refractivity contribution is -0.141. The molecule has 0 aromatic heterocycles. The summed E-state index contributed by atoms with van der Waals surface area (Å²) in [7, 11) is 1.77. The lowest BCUT2D eigenvalue weighted by atomic mass is 10.1. The second-order valence-electron chi connectivity index (χ2n) is 5.54. The zero-order chi connectivity index (χ0) is 14.0. The Labute approximate surface area is 113 Å². The fourth-order valence-electron chi connectivity index (χ4n) is 2.99. The van der Waals surface area contributed by atoms with Crippen LogP contribution in [0.25, 0.3) is 0 Å². The molecule has 2 rings (SSSR count). The Kier molecular flexibility index (Phi) is 4.29. The molecule has 1 saturated heterocycles. The molecule has 4 atom stereocenters. The molecular formula is C13H22N2O4. The first-order valence-corrected chi connectivity index (χ1v) is 6.86. The van der Waals surface area contributed by atoms with Crippen LogP contribution in [0.15, 0.2) is 0 Å². The second kappa shape index (κ2) is 5.77. The highest BCUT2D eigenvalue weighted by Crippen LogP contribution is 2.26. The number of hydrogen-bond acceptors (Lipinski definition) is 3. The van der Waals surface area contributed by atoms with Gasteiger partial charge in [-0.25, -0.2) is 4.79 Å². The van der Waals surface area contributed by atoms with Crippen molar-refractivity contribution in [3.05, 3.63) is 0 Å². The number of rotatable bonds is 3. The number of ether oxygens (including phenoxy) is 1. The maximum Gasteiger partial charge on any atom is 0.317 e. The molecule has 0 spiro atoms. The number of carbonyl (C=O) groups excluding carboxylic acids is 1. The average Bonchev–Trinajstić information content (AvgIpc) is 2.97. The zero-order valence-corrected chi connectivity index (χ0v) is 11.5. The predicted molar refractivity (Wildman–Crippen MR) is 68.9 cm³/mol. The molecule has 1 saturated carbocycles. The van der Waals surface area contributed by atoms with E-state index in [2.05, 4.69) is 5.32 Å². The van der Waals surface area contributed by atoms with Gasteiger partial charge in [-0.2, -0.15) is 0 Å². The molecule has 2 fully saturated rings. The van der Waals surface area contributed by atoms with Crippen molar-refractivity contribution in [1.29, 1.82) is 0 Å². The van der Waals surface area contributed by atoms with Crippen LogP contribution in [0.1, 0.15) is 32.6 Å². The number of amides is 2. The van der Waals surface area contributed by atoms with Crippen molar-refractivity contribution in [2.45, 2.75) is 50.8 Å². The summed E-state index contributed by atoms with van der Waals surface area (Å²) in [6.07, 6.45) is 2.84. The van der Waals surface area contributed by atoms with E-state index in [1.54, 1.807) is 11.9 Å². The second-order valence-corrected chi connectivity index (χ2v) is 5.54. The normalized spacial score (nSPS) is 34.2. The lowest BCUT2D eigenvalue weighted by Gasteiger charge is -2.28. The van der Waals surface area contributed by atoms with Crippen molar-refractivity contribution < 1.29 is 19.4 Å². The van der Waals surface area contributed by atoms with Crippen molar-refractivity contribution in [3.63, 3.8) is 0 Å². The van der Waals surface area contributed by atoms with E-state index in [9.17, 15) is 9.59 Å². The van der Waals surface area contributed by atoms with E-state index >= 15 is 0 Å². The van der Waals surface area contributed by atoms with Gasteiger partial charge in [0.15, 0.2) is 0 Å². The summed E-state index contributed by atoms with van der Waals surface area (Å²) in [5.41, 5.74) is 0. The van der Waals surface area contributed by atoms with Gasteiger partial charge in [-0.15, -0.1) is 0 Å². The fraction of sp³-hybridized carbons (Fsp3) is 0.846. The third kappa shape index (κ3) is 3.18. The van der Waals surface area contributed by atoms with Crippen LogP contribution >= 0.6 is 0 Å². The average molecular weight is 270 g/mol. The highest BCUT2D eigenvalue weighted by atomic mass is 16.5. The Morgan fingerprint density at radius 1 is 1.32 bits per heavy atom. The van der Waals surface area contributed by atoms with Crippen LogP contribution in [0.3, 0.4) is 0 Å². The van der Waals surface area contributed by atoms with E-state index in [-0.39, 0.29) is 30.1 Å². The van der Waals surface area contributed by atoms with E-state index in [1.807, 2.05) is 6.92 Å². The van der Waals surface area contributed by atoms with Gasteiger partial charge in [0.2, 0.25) is 0 Å². The maximum absolute atomic E-state index is 12.1. The minimum Gasteiger partial charge on any atom is -0.481 e. The van der Waals surface area contributed by atoms with Crippen molar-refractivity contribution in [2.24, 2.45) is 5.92 Å². The van der Waals surface area contributed by atoms with Gasteiger partial charge in [0.05, 0.1) is 18.1 Å². The molecule has 4 unspecified atom stereocenters. The first-order chi connectivity index (χ1) is 8.99. The molecule has 1 heterocycles. The third-order valence-electron chi connectivity index (χ3n) is 4.26. The quantitative estimate of drug-likeness (QED) is 0.803.